The first-order chi connectivity index (χ1) is 14.1. The molecule has 0 aliphatic rings. The van der Waals surface area contributed by atoms with Crippen LogP contribution in [0.2, 0.25) is 0 Å². The molecule has 1 amide bonds. The summed E-state index contributed by atoms with van der Waals surface area (Å²) in [6.07, 6.45) is 4.50. The number of hydrogen-bond donors (Lipinski definition) is 0. The van der Waals surface area contributed by atoms with Crippen LogP contribution in [0, 0.1) is 0 Å². The van der Waals surface area contributed by atoms with E-state index in [1.54, 1.807) is 44.8 Å². The lowest BCUT2D eigenvalue weighted by Crippen LogP contribution is -2.30. The molecule has 0 atom stereocenters. The number of carbonyl (C=O) groups is 1. The summed E-state index contributed by atoms with van der Waals surface area (Å²) >= 11 is 0. The Morgan fingerprint density at radius 1 is 0.897 bits per heavy atom. The largest absolute Gasteiger partial charge is 0.497 e. The molecule has 2 aromatic carbocycles. The van der Waals surface area contributed by atoms with Gasteiger partial charge in [0, 0.05) is 37.1 Å². The first kappa shape index (κ1) is 20.4. The zero-order chi connectivity index (χ0) is 20.6. The van der Waals surface area contributed by atoms with E-state index in [1.165, 1.54) is 5.56 Å². The van der Waals surface area contributed by atoms with Crippen molar-refractivity contribution in [2.24, 2.45) is 0 Å². The number of ether oxygens (including phenoxy) is 2. The molecule has 0 N–H and O–H groups in total. The Hall–Kier alpha value is -3.34. The summed E-state index contributed by atoms with van der Waals surface area (Å²) in [5.41, 5.74) is 3.85. The van der Waals surface area contributed by atoms with Crippen LogP contribution in [0.4, 0.5) is 0 Å². The maximum Gasteiger partial charge on any atom is 0.254 e. The maximum absolute atomic E-state index is 13.4. The standard InChI is InChI=1S/C24H26N2O3/c1-4-18-7-9-19(10-8-18)16-26(17-20-6-5-11-25-15-20)24(27)21-12-22(28-2)14-23(13-21)29-3/h5-15H,4,16-17H2,1-3H3. The van der Waals surface area contributed by atoms with Crippen LogP contribution in [0.1, 0.15) is 34.0 Å². The second-order valence-corrected chi connectivity index (χ2v) is 6.79. The highest BCUT2D eigenvalue weighted by Crippen LogP contribution is 2.24. The molecule has 0 saturated heterocycles. The minimum Gasteiger partial charge on any atom is -0.497 e. The fourth-order valence-corrected chi connectivity index (χ4v) is 3.13. The predicted molar refractivity (Wildman–Crippen MR) is 113 cm³/mol. The van der Waals surface area contributed by atoms with E-state index in [1.807, 2.05) is 17.0 Å². The Morgan fingerprint density at radius 2 is 1.52 bits per heavy atom. The number of benzene rings is 2. The van der Waals surface area contributed by atoms with E-state index in [2.05, 4.69) is 36.2 Å². The molecular weight excluding hydrogens is 364 g/mol. The van der Waals surface area contributed by atoms with Crippen molar-refractivity contribution < 1.29 is 14.3 Å². The van der Waals surface area contributed by atoms with Gasteiger partial charge < -0.3 is 14.4 Å². The molecule has 5 nitrogen and oxygen atoms in total. The lowest BCUT2D eigenvalue weighted by atomic mass is 10.1. The molecule has 0 bridgehead atoms. The van der Waals surface area contributed by atoms with Crippen LogP contribution >= 0.6 is 0 Å². The van der Waals surface area contributed by atoms with E-state index in [4.69, 9.17) is 9.47 Å². The molecule has 0 spiro atoms. The van der Waals surface area contributed by atoms with Gasteiger partial charge in [-0.1, -0.05) is 37.3 Å². The van der Waals surface area contributed by atoms with Crippen LogP contribution in [0.3, 0.4) is 0 Å². The second kappa shape index (κ2) is 9.73. The van der Waals surface area contributed by atoms with Crippen LogP contribution in [0.5, 0.6) is 11.5 Å². The van der Waals surface area contributed by atoms with Crippen molar-refractivity contribution in [1.29, 1.82) is 0 Å². The lowest BCUT2D eigenvalue weighted by molar-refractivity contribution is 0.0729. The molecule has 0 unspecified atom stereocenters. The number of nitrogens with zero attached hydrogens (tertiary/aromatic N) is 2. The van der Waals surface area contributed by atoms with Gasteiger partial charge in [0.25, 0.3) is 5.91 Å². The highest BCUT2D eigenvalue weighted by molar-refractivity contribution is 5.95. The SMILES string of the molecule is CCc1ccc(CN(Cc2cccnc2)C(=O)c2cc(OC)cc(OC)c2)cc1. The van der Waals surface area contributed by atoms with Crippen LogP contribution in [0.15, 0.2) is 67.0 Å². The molecule has 0 radical (unpaired) electrons. The van der Waals surface area contributed by atoms with Crippen molar-refractivity contribution >= 4 is 5.91 Å². The van der Waals surface area contributed by atoms with E-state index in [0.717, 1.165) is 17.5 Å². The third-order valence-electron chi connectivity index (χ3n) is 4.79. The average molecular weight is 390 g/mol. The Bertz CT molecular complexity index is 918. The molecule has 0 saturated carbocycles. The van der Waals surface area contributed by atoms with Gasteiger partial charge in [0.2, 0.25) is 0 Å². The molecule has 3 rings (SSSR count). The van der Waals surface area contributed by atoms with Crippen LogP contribution in [-0.2, 0) is 19.5 Å². The summed E-state index contributed by atoms with van der Waals surface area (Å²) in [7, 11) is 3.15. The summed E-state index contributed by atoms with van der Waals surface area (Å²) in [5.74, 6) is 1.08. The summed E-state index contributed by atoms with van der Waals surface area (Å²) in [6.45, 7) is 3.09. The van der Waals surface area contributed by atoms with Crippen molar-refractivity contribution in [3.63, 3.8) is 0 Å². The number of aryl methyl sites for hydroxylation is 1. The topological polar surface area (TPSA) is 51.7 Å². The minimum absolute atomic E-state index is 0.0920. The summed E-state index contributed by atoms with van der Waals surface area (Å²) in [4.78, 5) is 19.4. The monoisotopic (exact) mass is 390 g/mol. The Labute approximate surface area is 171 Å². The molecule has 1 aromatic heterocycles. The number of aromatic nitrogens is 1. The van der Waals surface area contributed by atoms with Gasteiger partial charge in [0.1, 0.15) is 11.5 Å². The van der Waals surface area contributed by atoms with Gasteiger partial charge in [-0.15, -0.1) is 0 Å². The predicted octanol–water partition coefficient (Wildman–Crippen LogP) is 4.50. The number of hydrogen-bond acceptors (Lipinski definition) is 4. The first-order valence-electron chi connectivity index (χ1n) is 9.62. The van der Waals surface area contributed by atoms with Gasteiger partial charge in [-0.25, -0.2) is 0 Å². The molecule has 1 heterocycles. The number of pyridine rings is 1. The van der Waals surface area contributed by atoms with Crippen molar-refractivity contribution in [2.75, 3.05) is 14.2 Å². The van der Waals surface area contributed by atoms with E-state index in [9.17, 15) is 4.79 Å². The molecular formula is C24H26N2O3. The van der Waals surface area contributed by atoms with Crippen LogP contribution in [-0.4, -0.2) is 30.0 Å². The van der Waals surface area contributed by atoms with E-state index in [0.29, 0.717) is 30.2 Å². The van der Waals surface area contributed by atoms with Gasteiger partial charge >= 0.3 is 0 Å². The van der Waals surface area contributed by atoms with Crippen LogP contribution in [0.25, 0.3) is 0 Å². The average Bonchev–Trinajstić information content (AvgIpc) is 2.78. The zero-order valence-corrected chi connectivity index (χ0v) is 17.1. The Balaban J connectivity index is 1.91. The Morgan fingerprint density at radius 3 is 2.07 bits per heavy atom. The Kier molecular flexibility index (Phi) is 6.85. The summed E-state index contributed by atoms with van der Waals surface area (Å²) < 4.78 is 10.7. The van der Waals surface area contributed by atoms with Crippen LogP contribution < -0.4 is 9.47 Å². The van der Waals surface area contributed by atoms with Crippen molar-refractivity contribution in [2.45, 2.75) is 26.4 Å². The maximum atomic E-state index is 13.4. The molecule has 3 aromatic rings. The van der Waals surface area contributed by atoms with Gasteiger partial charge in [0.05, 0.1) is 14.2 Å². The molecule has 5 heteroatoms. The summed E-state index contributed by atoms with van der Waals surface area (Å²) in [6, 6.07) is 17.5. The smallest absolute Gasteiger partial charge is 0.254 e. The quantitative estimate of drug-likeness (QED) is 0.568. The summed E-state index contributed by atoms with van der Waals surface area (Å²) in [5, 5.41) is 0. The molecule has 0 aliphatic heterocycles. The minimum atomic E-state index is -0.0920. The van der Waals surface area contributed by atoms with Gasteiger partial charge in [0.15, 0.2) is 0 Å². The fourth-order valence-electron chi connectivity index (χ4n) is 3.13. The number of methoxy groups -OCH3 is 2. The van der Waals surface area contributed by atoms with Crippen molar-refractivity contribution in [3.05, 3.63) is 89.2 Å². The van der Waals surface area contributed by atoms with Gasteiger partial charge in [-0.3, -0.25) is 9.78 Å². The van der Waals surface area contributed by atoms with E-state index < -0.39 is 0 Å². The van der Waals surface area contributed by atoms with E-state index >= 15 is 0 Å². The third kappa shape index (κ3) is 5.35. The third-order valence-corrected chi connectivity index (χ3v) is 4.79. The normalized spacial score (nSPS) is 10.4. The van der Waals surface area contributed by atoms with Crippen molar-refractivity contribution in [3.8, 4) is 11.5 Å². The van der Waals surface area contributed by atoms with Gasteiger partial charge in [-0.2, -0.15) is 0 Å². The number of amides is 1. The lowest BCUT2D eigenvalue weighted by Gasteiger charge is -2.24. The highest BCUT2D eigenvalue weighted by Gasteiger charge is 2.19. The van der Waals surface area contributed by atoms with Gasteiger partial charge in [-0.05, 0) is 41.3 Å². The number of carbonyl (C=O) groups excluding carboxylic acids is 1. The highest BCUT2D eigenvalue weighted by atomic mass is 16.5. The second-order valence-electron chi connectivity index (χ2n) is 6.79. The molecule has 0 fully saturated rings. The zero-order valence-electron chi connectivity index (χ0n) is 17.1. The molecule has 150 valence electrons. The number of rotatable bonds is 8. The van der Waals surface area contributed by atoms with E-state index in [-0.39, 0.29) is 5.91 Å². The fraction of sp³-hybridized carbons (Fsp3) is 0.250. The first-order valence-corrected chi connectivity index (χ1v) is 9.62. The van der Waals surface area contributed by atoms with Crippen molar-refractivity contribution in [1.82, 2.24) is 9.88 Å². The molecule has 29 heavy (non-hydrogen) atoms. The molecule has 0 aliphatic carbocycles.